The van der Waals surface area contributed by atoms with Crippen molar-refractivity contribution in [1.82, 2.24) is 0 Å². The highest BCUT2D eigenvalue weighted by molar-refractivity contribution is 5.97. The Morgan fingerprint density at radius 1 is 1.47 bits per heavy atom. The van der Waals surface area contributed by atoms with Gasteiger partial charge in [-0.15, -0.1) is 0 Å². The van der Waals surface area contributed by atoms with E-state index >= 15 is 0 Å². The van der Waals surface area contributed by atoms with Crippen molar-refractivity contribution in [2.24, 2.45) is 0 Å². The molecule has 1 aromatic rings. The van der Waals surface area contributed by atoms with Crippen LogP contribution in [0.2, 0.25) is 0 Å². The zero-order valence-corrected chi connectivity index (χ0v) is 8.96. The number of aldehydes is 1. The number of carbonyl (C=O) groups is 2. The summed E-state index contributed by atoms with van der Waals surface area (Å²) in [5, 5.41) is 2.59. The third kappa shape index (κ3) is 2.56. The molecule has 80 valence electrons. The number of amides is 1. The summed E-state index contributed by atoms with van der Waals surface area (Å²) in [4.78, 5) is 21.8. The monoisotopic (exact) mass is 207 g/mol. The normalized spacial score (nSPS) is 9.53. The van der Waals surface area contributed by atoms with E-state index in [1.807, 2.05) is 6.92 Å². The van der Waals surface area contributed by atoms with Crippen LogP contribution >= 0.6 is 0 Å². The SMILES string of the molecule is COc1cc(C)cc(NC(C)=O)c1C=O. The fraction of sp³-hybridized carbons (Fsp3) is 0.273. The number of aryl methyl sites for hydroxylation is 1. The highest BCUT2D eigenvalue weighted by Crippen LogP contribution is 2.26. The number of carbonyl (C=O) groups excluding carboxylic acids is 2. The summed E-state index contributed by atoms with van der Waals surface area (Å²) in [6.07, 6.45) is 0.670. The molecule has 0 unspecified atom stereocenters. The van der Waals surface area contributed by atoms with Crippen molar-refractivity contribution < 1.29 is 14.3 Å². The molecule has 0 atom stereocenters. The van der Waals surface area contributed by atoms with Crippen molar-refractivity contribution in [2.45, 2.75) is 13.8 Å². The topological polar surface area (TPSA) is 55.4 Å². The van der Waals surface area contributed by atoms with E-state index in [0.29, 0.717) is 23.3 Å². The number of rotatable bonds is 3. The summed E-state index contributed by atoms with van der Waals surface area (Å²) in [6.45, 7) is 3.26. The second-order valence-corrected chi connectivity index (χ2v) is 3.23. The molecule has 4 heteroatoms. The van der Waals surface area contributed by atoms with Gasteiger partial charge in [0.25, 0.3) is 0 Å². The van der Waals surface area contributed by atoms with Crippen molar-refractivity contribution in [1.29, 1.82) is 0 Å². The highest BCUT2D eigenvalue weighted by Gasteiger charge is 2.10. The van der Waals surface area contributed by atoms with Gasteiger partial charge in [0.05, 0.1) is 18.4 Å². The Kier molecular flexibility index (Phi) is 3.44. The molecule has 0 aliphatic rings. The van der Waals surface area contributed by atoms with Gasteiger partial charge in [0.15, 0.2) is 6.29 Å². The Hall–Kier alpha value is -1.84. The third-order valence-electron chi connectivity index (χ3n) is 1.93. The average molecular weight is 207 g/mol. The molecular weight excluding hydrogens is 194 g/mol. The molecule has 0 aromatic heterocycles. The van der Waals surface area contributed by atoms with Crippen molar-refractivity contribution in [3.8, 4) is 5.75 Å². The molecule has 4 nitrogen and oxygen atoms in total. The van der Waals surface area contributed by atoms with E-state index in [0.717, 1.165) is 5.56 Å². The third-order valence-corrected chi connectivity index (χ3v) is 1.93. The molecule has 0 saturated carbocycles. The van der Waals surface area contributed by atoms with E-state index in [4.69, 9.17) is 4.74 Å². The predicted octanol–water partition coefficient (Wildman–Crippen LogP) is 1.77. The van der Waals surface area contributed by atoms with Crippen molar-refractivity contribution >= 4 is 17.9 Å². The van der Waals surface area contributed by atoms with Crippen LogP contribution < -0.4 is 10.1 Å². The second kappa shape index (κ2) is 4.59. The standard InChI is InChI=1S/C11H13NO3/c1-7-4-10(12-8(2)14)9(6-13)11(5-7)15-3/h4-6H,1-3H3,(H,12,14). The molecule has 0 aliphatic carbocycles. The molecule has 1 aromatic carbocycles. The van der Waals surface area contributed by atoms with E-state index < -0.39 is 0 Å². The molecule has 15 heavy (non-hydrogen) atoms. The maximum Gasteiger partial charge on any atom is 0.221 e. The Morgan fingerprint density at radius 2 is 2.13 bits per heavy atom. The first kappa shape index (κ1) is 11.2. The first-order chi connectivity index (χ1) is 7.08. The lowest BCUT2D eigenvalue weighted by Gasteiger charge is -2.11. The molecule has 0 radical (unpaired) electrons. The molecule has 0 saturated heterocycles. The van der Waals surface area contributed by atoms with Gasteiger partial charge in [-0.3, -0.25) is 9.59 Å². The number of nitrogens with one attached hydrogen (secondary N) is 1. The van der Waals surface area contributed by atoms with E-state index in [-0.39, 0.29) is 5.91 Å². The molecule has 0 heterocycles. The quantitative estimate of drug-likeness (QED) is 0.768. The molecule has 0 spiro atoms. The highest BCUT2D eigenvalue weighted by atomic mass is 16.5. The molecule has 0 bridgehead atoms. The van der Waals surface area contributed by atoms with Gasteiger partial charge in [-0.25, -0.2) is 0 Å². The van der Waals surface area contributed by atoms with Crippen molar-refractivity contribution in [3.05, 3.63) is 23.3 Å². The Morgan fingerprint density at radius 3 is 2.60 bits per heavy atom. The van der Waals surface area contributed by atoms with E-state index in [2.05, 4.69) is 5.32 Å². The number of anilines is 1. The predicted molar refractivity (Wildman–Crippen MR) is 57.4 cm³/mol. The Balaban J connectivity index is 3.28. The lowest BCUT2D eigenvalue weighted by atomic mass is 10.1. The largest absolute Gasteiger partial charge is 0.496 e. The van der Waals surface area contributed by atoms with E-state index in [1.165, 1.54) is 14.0 Å². The summed E-state index contributed by atoms with van der Waals surface area (Å²) >= 11 is 0. The summed E-state index contributed by atoms with van der Waals surface area (Å²) in [7, 11) is 1.49. The first-order valence-corrected chi connectivity index (χ1v) is 4.50. The van der Waals surface area contributed by atoms with Crippen LogP contribution in [-0.2, 0) is 4.79 Å². The number of methoxy groups -OCH3 is 1. The van der Waals surface area contributed by atoms with Gasteiger partial charge in [-0.2, -0.15) is 0 Å². The summed E-state index contributed by atoms with van der Waals surface area (Å²) in [5.41, 5.74) is 1.76. The molecule has 1 amide bonds. The van der Waals surface area contributed by atoms with Crippen LogP contribution in [-0.4, -0.2) is 19.3 Å². The number of hydrogen-bond donors (Lipinski definition) is 1. The fourth-order valence-corrected chi connectivity index (χ4v) is 1.35. The molecule has 1 N–H and O–H groups in total. The summed E-state index contributed by atoms with van der Waals surface area (Å²) < 4.78 is 5.06. The van der Waals surface area contributed by atoms with Crippen LogP contribution in [0.4, 0.5) is 5.69 Å². The van der Waals surface area contributed by atoms with Crippen molar-refractivity contribution in [3.63, 3.8) is 0 Å². The Bertz CT molecular complexity index is 399. The lowest BCUT2D eigenvalue weighted by Crippen LogP contribution is -2.09. The van der Waals surface area contributed by atoms with Crippen LogP contribution in [0.25, 0.3) is 0 Å². The van der Waals surface area contributed by atoms with Crippen LogP contribution in [0.15, 0.2) is 12.1 Å². The minimum Gasteiger partial charge on any atom is -0.496 e. The molecule has 0 fully saturated rings. The number of hydrogen-bond acceptors (Lipinski definition) is 3. The van der Waals surface area contributed by atoms with Gasteiger partial charge in [0, 0.05) is 6.92 Å². The number of benzene rings is 1. The first-order valence-electron chi connectivity index (χ1n) is 4.50. The zero-order chi connectivity index (χ0) is 11.4. The smallest absolute Gasteiger partial charge is 0.221 e. The maximum absolute atomic E-state index is 10.9. The fourth-order valence-electron chi connectivity index (χ4n) is 1.35. The molecule has 0 aliphatic heterocycles. The summed E-state index contributed by atoms with van der Waals surface area (Å²) in [5.74, 6) is 0.250. The lowest BCUT2D eigenvalue weighted by molar-refractivity contribution is -0.114. The molecule has 1 rings (SSSR count). The maximum atomic E-state index is 10.9. The van der Waals surface area contributed by atoms with Gasteiger partial charge < -0.3 is 10.1 Å². The Labute approximate surface area is 88.2 Å². The summed E-state index contributed by atoms with van der Waals surface area (Å²) in [6, 6.07) is 3.47. The van der Waals surface area contributed by atoms with Crippen LogP contribution in [0.1, 0.15) is 22.8 Å². The van der Waals surface area contributed by atoms with E-state index in [9.17, 15) is 9.59 Å². The van der Waals surface area contributed by atoms with Gasteiger partial charge in [-0.1, -0.05) is 0 Å². The van der Waals surface area contributed by atoms with Crippen LogP contribution in [0.3, 0.4) is 0 Å². The van der Waals surface area contributed by atoms with Crippen LogP contribution in [0.5, 0.6) is 5.75 Å². The minimum atomic E-state index is -0.217. The van der Waals surface area contributed by atoms with Crippen LogP contribution in [0, 0.1) is 6.92 Å². The molecular formula is C11H13NO3. The van der Waals surface area contributed by atoms with Gasteiger partial charge >= 0.3 is 0 Å². The average Bonchev–Trinajstić information content (AvgIpc) is 2.15. The van der Waals surface area contributed by atoms with E-state index in [1.54, 1.807) is 12.1 Å². The van der Waals surface area contributed by atoms with Gasteiger partial charge in [0.1, 0.15) is 5.75 Å². The van der Waals surface area contributed by atoms with Crippen molar-refractivity contribution in [2.75, 3.05) is 12.4 Å². The van der Waals surface area contributed by atoms with Gasteiger partial charge in [-0.05, 0) is 24.6 Å². The minimum absolute atomic E-state index is 0.217. The van der Waals surface area contributed by atoms with Gasteiger partial charge in [0.2, 0.25) is 5.91 Å². The second-order valence-electron chi connectivity index (χ2n) is 3.23. The number of ether oxygens (including phenoxy) is 1. The zero-order valence-electron chi connectivity index (χ0n) is 8.96.